The van der Waals surface area contributed by atoms with E-state index >= 15 is 0 Å². The van der Waals surface area contributed by atoms with Crippen molar-refractivity contribution in [2.24, 2.45) is 0 Å². The van der Waals surface area contributed by atoms with E-state index in [0.29, 0.717) is 23.0 Å². The van der Waals surface area contributed by atoms with Crippen LogP contribution < -0.4 is 18.9 Å². The van der Waals surface area contributed by atoms with Crippen molar-refractivity contribution >= 4 is 9.84 Å². The van der Waals surface area contributed by atoms with Crippen LogP contribution in [0.1, 0.15) is 0 Å². The Labute approximate surface area is 250 Å². The summed E-state index contributed by atoms with van der Waals surface area (Å²) in [6.45, 7) is 0. The molecule has 212 valence electrons. The molecule has 0 aliphatic carbocycles. The number of hydrogen-bond donors (Lipinski definition) is 0. The normalized spacial score (nSPS) is 11.0. The Morgan fingerprint density at radius 2 is 0.628 bits per heavy atom. The summed E-state index contributed by atoms with van der Waals surface area (Å²) >= 11 is 0. The van der Waals surface area contributed by atoms with Crippen LogP contribution in [0.5, 0.6) is 46.0 Å². The molecule has 6 nitrogen and oxygen atoms in total. The molecule has 6 aromatic rings. The van der Waals surface area contributed by atoms with Gasteiger partial charge in [0.15, 0.2) is 23.0 Å². The van der Waals surface area contributed by atoms with Crippen molar-refractivity contribution in [3.8, 4) is 46.0 Å². The second-order valence-corrected chi connectivity index (χ2v) is 11.2. The monoisotopic (exact) mass is 586 g/mol. The fourth-order valence-electron chi connectivity index (χ4n) is 4.34. The first-order chi connectivity index (χ1) is 21.1. The van der Waals surface area contributed by atoms with Gasteiger partial charge in [-0.15, -0.1) is 0 Å². The maximum absolute atomic E-state index is 14.6. The second-order valence-electron chi connectivity index (χ2n) is 9.33. The van der Waals surface area contributed by atoms with E-state index in [0.717, 1.165) is 0 Å². The van der Waals surface area contributed by atoms with E-state index in [9.17, 15) is 8.42 Å². The van der Waals surface area contributed by atoms with Crippen LogP contribution in [-0.4, -0.2) is 8.42 Å². The molecule has 0 amide bonds. The fourth-order valence-corrected chi connectivity index (χ4v) is 5.86. The van der Waals surface area contributed by atoms with Crippen LogP contribution >= 0.6 is 0 Å². The SMILES string of the molecule is O=S(=O)(c1cccc(Oc2ccccc2)c1Oc1ccccc1)c1cccc(Oc2ccccc2)c1Oc1ccccc1. The Hall–Kier alpha value is -5.53. The average Bonchev–Trinajstić information content (AvgIpc) is 3.04. The molecule has 0 heterocycles. The third-order valence-corrected chi connectivity index (χ3v) is 8.13. The molecule has 0 aromatic heterocycles. The predicted octanol–water partition coefficient (Wildman–Crippen LogP) is 9.69. The van der Waals surface area contributed by atoms with Gasteiger partial charge in [0.1, 0.15) is 32.8 Å². The summed E-state index contributed by atoms with van der Waals surface area (Å²) in [5.74, 6) is 2.50. The minimum atomic E-state index is -4.28. The van der Waals surface area contributed by atoms with Gasteiger partial charge in [-0.2, -0.15) is 0 Å². The maximum atomic E-state index is 14.6. The molecule has 0 N–H and O–H groups in total. The third-order valence-electron chi connectivity index (χ3n) is 6.33. The minimum Gasteiger partial charge on any atom is -0.453 e. The van der Waals surface area contributed by atoms with Gasteiger partial charge in [-0.1, -0.05) is 84.9 Å². The van der Waals surface area contributed by atoms with Crippen molar-refractivity contribution in [2.75, 3.05) is 0 Å². The summed E-state index contributed by atoms with van der Waals surface area (Å²) in [5.41, 5.74) is 0. The molecule has 6 aromatic carbocycles. The first-order valence-corrected chi connectivity index (χ1v) is 15.0. The van der Waals surface area contributed by atoms with E-state index in [1.54, 1.807) is 97.1 Å². The van der Waals surface area contributed by atoms with Gasteiger partial charge in [0.25, 0.3) is 0 Å². The molecule has 0 saturated heterocycles. The molecule has 0 aliphatic heterocycles. The third kappa shape index (κ3) is 6.37. The molecule has 0 spiro atoms. The standard InChI is InChI=1S/C36H26O6S/c37-43(38,33-25-13-23-31(39-27-15-5-1-6-16-27)35(33)41-29-19-9-3-10-20-29)34-26-14-24-32(40-28-17-7-2-8-18-28)36(34)42-30-21-11-4-12-22-30/h1-26H. The molecular formula is C36H26O6S. The van der Waals surface area contributed by atoms with Crippen LogP contribution in [0.3, 0.4) is 0 Å². The van der Waals surface area contributed by atoms with E-state index in [1.165, 1.54) is 12.1 Å². The number of sulfone groups is 1. The molecule has 43 heavy (non-hydrogen) atoms. The summed E-state index contributed by atoms with van der Waals surface area (Å²) in [7, 11) is -4.28. The second kappa shape index (κ2) is 12.5. The molecule has 0 bridgehead atoms. The van der Waals surface area contributed by atoms with E-state index in [4.69, 9.17) is 18.9 Å². The number of benzene rings is 6. The molecule has 6 rings (SSSR count). The van der Waals surface area contributed by atoms with Gasteiger partial charge in [0.2, 0.25) is 9.84 Å². The van der Waals surface area contributed by atoms with Crippen LogP contribution in [-0.2, 0) is 9.84 Å². The highest BCUT2D eigenvalue weighted by Crippen LogP contribution is 2.46. The van der Waals surface area contributed by atoms with E-state index in [2.05, 4.69) is 0 Å². The predicted molar refractivity (Wildman–Crippen MR) is 164 cm³/mol. The van der Waals surface area contributed by atoms with Crippen molar-refractivity contribution in [1.29, 1.82) is 0 Å². The Balaban J connectivity index is 1.51. The highest BCUT2D eigenvalue weighted by Gasteiger charge is 2.31. The van der Waals surface area contributed by atoms with Gasteiger partial charge in [0, 0.05) is 0 Å². The highest BCUT2D eigenvalue weighted by atomic mass is 32.2. The van der Waals surface area contributed by atoms with Crippen molar-refractivity contribution in [3.05, 3.63) is 158 Å². The van der Waals surface area contributed by atoms with Gasteiger partial charge in [-0.05, 0) is 72.8 Å². The van der Waals surface area contributed by atoms with E-state index in [-0.39, 0.29) is 32.8 Å². The molecule has 0 unspecified atom stereocenters. The fraction of sp³-hybridized carbons (Fsp3) is 0. The highest BCUT2D eigenvalue weighted by molar-refractivity contribution is 7.91. The summed E-state index contributed by atoms with van der Waals surface area (Å²) in [4.78, 5) is -0.195. The quantitative estimate of drug-likeness (QED) is 0.159. The molecule has 7 heteroatoms. The lowest BCUT2D eigenvalue weighted by Crippen LogP contribution is -2.07. The largest absolute Gasteiger partial charge is 0.453 e. The zero-order valence-electron chi connectivity index (χ0n) is 22.9. The lowest BCUT2D eigenvalue weighted by Gasteiger charge is -2.19. The van der Waals surface area contributed by atoms with Crippen molar-refractivity contribution in [1.82, 2.24) is 0 Å². The zero-order valence-corrected chi connectivity index (χ0v) is 23.7. The molecule has 0 radical (unpaired) electrons. The lowest BCUT2D eigenvalue weighted by molar-refractivity contribution is 0.405. The van der Waals surface area contributed by atoms with Gasteiger partial charge >= 0.3 is 0 Å². The number of para-hydroxylation sites is 6. The first-order valence-electron chi connectivity index (χ1n) is 13.5. The Kier molecular flexibility index (Phi) is 8.06. The molecule has 0 fully saturated rings. The lowest BCUT2D eigenvalue weighted by atomic mass is 10.3. The van der Waals surface area contributed by atoms with E-state index in [1.807, 2.05) is 48.5 Å². The minimum absolute atomic E-state index is 0.0394. The Morgan fingerprint density at radius 1 is 0.326 bits per heavy atom. The molecule has 0 atom stereocenters. The molecule has 0 saturated carbocycles. The maximum Gasteiger partial charge on any atom is 0.214 e. The average molecular weight is 587 g/mol. The number of ether oxygens (including phenoxy) is 4. The van der Waals surface area contributed by atoms with Crippen LogP contribution in [0.4, 0.5) is 0 Å². The van der Waals surface area contributed by atoms with E-state index < -0.39 is 9.84 Å². The van der Waals surface area contributed by atoms with Gasteiger partial charge in [-0.3, -0.25) is 0 Å². The zero-order chi connectivity index (χ0) is 29.5. The van der Waals surface area contributed by atoms with Gasteiger partial charge < -0.3 is 18.9 Å². The first kappa shape index (κ1) is 27.6. The smallest absolute Gasteiger partial charge is 0.214 e. The van der Waals surface area contributed by atoms with Crippen LogP contribution in [0, 0.1) is 0 Å². The molecular weight excluding hydrogens is 560 g/mol. The van der Waals surface area contributed by atoms with Crippen LogP contribution in [0.2, 0.25) is 0 Å². The summed E-state index contributed by atoms with van der Waals surface area (Å²) in [6, 6.07) is 45.6. The van der Waals surface area contributed by atoms with Crippen molar-refractivity contribution < 1.29 is 27.4 Å². The van der Waals surface area contributed by atoms with Crippen molar-refractivity contribution in [2.45, 2.75) is 9.79 Å². The molecule has 0 aliphatic rings. The summed E-state index contributed by atoms with van der Waals surface area (Å²) < 4.78 is 53.9. The van der Waals surface area contributed by atoms with Gasteiger partial charge in [-0.25, -0.2) is 8.42 Å². The Morgan fingerprint density at radius 3 is 0.953 bits per heavy atom. The van der Waals surface area contributed by atoms with Crippen molar-refractivity contribution in [3.63, 3.8) is 0 Å². The van der Waals surface area contributed by atoms with Crippen LogP contribution in [0.15, 0.2) is 168 Å². The Bertz CT molecular complexity index is 1780. The number of rotatable bonds is 10. The summed E-state index contributed by atoms with van der Waals surface area (Å²) in [5, 5.41) is 0. The summed E-state index contributed by atoms with van der Waals surface area (Å²) in [6.07, 6.45) is 0. The van der Waals surface area contributed by atoms with Gasteiger partial charge in [0.05, 0.1) is 0 Å². The van der Waals surface area contributed by atoms with Crippen LogP contribution in [0.25, 0.3) is 0 Å². The number of hydrogen-bond acceptors (Lipinski definition) is 6. The topological polar surface area (TPSA) is 71.1 Å².